The van der Waals surface area contributed by atoms with E-state index in [1.165, 1.54) is 6.92 Å². The summed E-state index contributed by atoms with van der Waals surface area (Å²) < 4.78 is 5.10. The highest BCUT2D eigenvalue weighted by atomic mass is 16.6. The monoisotopic (exact) mass is 241 g/mol. The molecule has 0 aliphatic carbocycles. The number of carbonyl (C=O) groups excluding carboxylic acids is 2. The molecule has 0 aromatic rings. The number of nitrogens with zero attached hydrogens (tertiary/aromatic N) is 1. The first-order valence-corrected chi connectivity index (χ1v) is 5.46. The van der Waals surface area contributed by atoms with Crippen LogP contribution in [0.25, 0.3) is 0 Å². The molecule has 1 rings (SSSR count). The molecular formula is C12H19NO4. The van der Waals surface area contributed by atoms with E-state index < -0.39 is 23.3 Å². The predicted molar refractivity (Wildman–Crippen MR) is 62.1 cm³/mol. The highest BCUT2D eigenvalue weighted by Crippen LogP contribution is 2.34. The van der Waals surface area contributed by atoms with Crippen molar-refractivity contribution in [2.24, 2.45) is 0 Å². The van der Waals surface area contributed by atoms with Gasteiger partial charge in [-0.25, -0.2) is 9.69 Å². The zero-order valence-electron chi connectivity index (χ0n) is 11.1. The molecule has 0 bridgehead atoms. The van der Waals surface area contributed by atoms with Crippen molar-refractivity contribution in [2.75, 3.05) is 0 Å². The van der Waals surface area contributed by atoms with Gasteiger partial charge in [0.1, 0.15) is 5.60 Å². The van der Waals surface area contributed by atoms with Crippen LogP contribution in [-0.4, -0.2) is 33.3 Å². The maximum Gasteiger partial charge on any atom is 0.419 e. The highest BCUT2D eigenvalue weighted by molar-refractivity contribution is 6.06. The summed E-state index contributed by atoms with van der Waals surface area (Å²) in [7, 11) is 0. The first kappa shape index (κ1) is 13.7. The van der Waals surface area contributed by atoms with Crippen LogP contribution in [0.5, 0.6) is 0 Å². The lowest BCUT2D eigenvalue weighted by Gasteiger charge is -2.31. The molecule has 0 aromatic heterocycles. The minimum absolute atomic E-state index is 0.376. The molecule has 1 N–H and O–H groups in total. The van der Waals surface area contributed by atoms with Gasteiger partial charge in [-0.2, -0.15) is 0 Å². The van der Waals surface area contributed by atoms with E-state index in [1.54, 1.807) is 34.6 Å². The number of imide groups is 1. The lowest BCUT2D eigenvalue weighted by molar-refractivity contribution is -0.138. The molecule has 1 atom stereocenters. The zero-order chi connectivity index (χ0) is 13.6. The minimum Gasteiger partial charge on any atom is -0.443 e. The van der Waals surface area contributed by atoms with Crippen LogP contribution >= 0.6 is 0 Å². The lowest BCUT2D eigenvalue weighted by atomic mass is 10.1. The van der Waals surface area contributed by atoms with Crippen molar-refractivity contribution in [1.82, 2.24) is 4.90 Å². The van der Waals surface area contributed by atoms with Crippen LogP contribution in [0.3, 0.4) is 0 Å². The summed E-state index contributed by atoms with van der Waals surface area (Å²) in [6.07, 6.45) is -0.830. The van der Waals surface area contributed by atoms with Crippen LogP contribution in [0.4, 0.5) is 4.79 Å². The van der Waals surface area contributed by atoms with Gasteiger partial charge in [0.2, 0.25) is 0 Å². The average Bonchev–Trinajstić information content (AvgIpc) is 2.24. The van der Waals surface area contributed by atoms with Gasteiger partial charge >= 0.3 is 6.09 Å². The molecule has 0 aromatic carbocycles. The molecule has 1 heterocycles. The van der Waals surface area contributed by atoms with Crippen molar-refractivity contribution in [2.45, 2.75) is 52.9 Å². The Morgan fingerprint density at radius 1 is 1.35 bits per heavy atom. The topological polar surface area (TPSA) is 66.8 Å². The molecule has 96 valence electrons. The Balaban J connectivity index is 3.03. The fourth-order valence-electron chi connectivity index (χ4n) is 1.62. The molecule has 1 unspecified atom stereocenters. The molecule has 0 radical (unpaired) electrons. The van der Waals surface area contributed by atoms with Gasteiger partial charge < -0.3 is 9.84 Å². The van der Waals surface area contributed by atoms with Gasteiger partial charge in [0.15, 0.2) is 5.72 Å². The van der Waals surface area contributed by atoms with Gasteiger partial charge in [0, 0.05) is 5.57 Å². The van der Waals surface area contributed by atoms with Crippen molar-refractivity contribution in [3.05, 3.63) is 11.1 Å². The minimum atomic E-state index is -1.61. The fourth-order valence-corrected chi connectivity index (χ4v) is 1.62. The predicted octanol–water partition coefficient (Wildman–Crippen LogP) is 1.81. The van der Waals surface area contributed by atoms with E-state index in [2.05, 4.69) is 0 Å². The third-order valence-electron chi connectivity index (χ3n) is 2.81. The molecule has 17 heavy (non-hydrogen) atoms. The number of hydrogen-bond donors (Lipinski definition) is 1. The molecular weight excluding hydrogens is 222 g/mol. The van der Waals surface area contributed by atoms with E-state index in [1.807, 2.05) is 0 Å². The van der Waals surface area contributed by atoms with Gasteiger partial charge in [-0.1, -0.05) is 0 Å². The van der Waals surface area contributed by atoms with Crippen molar-refractivity contribution in [1.29, 1.82) is 0 Å². The van der Waals surface area contributed by atoms with E-state index >= 15 is 0 Å². The molecule has 5 heteroatoms. The molecule has 0 saturated heterocycles. The van der Waals surface area contributed by atoms with Crippen LogP contribution in [0, 0.1) is 0 Å². The van der Waals surface area contributed by atoms with Gasteiger partial charge in [0.25, 0.3) is 5.91 Å². The molecule has 0 saturated carbocycles. The smallest absolute Gasteiger partial charge is 0.419 e. The zero-order valence-corrected chi connectivity index (χ0v) is 11.1. The molecule has 0 spiro atoms. The van der Waals surface area contributed by atoms with E-state index in [0.717, 1.165) is 4.90 Å². The van der Waals surface area contributed by atoms with Crippen molar-refractivity contribution in [3.8, 4) is 0 Å². The number of rotatable bonds is 0. The van der Waals surface area contributed by atoms with Crippen LogP contribution in [-0.2, 0) is 9.53 Å². The summed E-state index contributed by atoms with van der Waals surface area (Å²) in [4.78, 5) is 24.5. The fraction of sp³-hybridized carbons (Fsp3) is 0.667. The largest absolute Gasteiger partial charge is 0.443 e. The molecule has 1 aliphatic rings. The van der Waals surface area contributed by atoms with Gasteiger partial charge in [0.05, 0.1) is 0 Å². The molecule has 5 nitrogen and oxygen atoms in total. The van der Waals surface area contributed by atoms with Crippen LogP contribution in [0.15, 0.2) is 11.1 Å². The van der Waals surface area contributed by atoms with Gasteiger partial charge in [-0.15, -0.1) is 0 Å². The van der Waals surface area contributed by atoms with Crippen molar-refractivity contribution in [3.63, 3.8) is 0 Å². The Kier molecular flexibility index (Phi) is 3.09. The Hall–Kier alpha value is -1.36. The first-order valence-electron chi connectivity index (χ1n) is 5.46. The summed E-state index contributed by atoms with van der Waals surface area (Å²) in [5, 5.41) is 10.2. The standard InChI is InChI=1S/C12H19NO4/c1-7-8(2)12(6,16)13(9(7)14)10(15)17-11(3,4)5/h16H,1-6H3. The quantitative estimate of drug-likeness (QED) is 0.702. The highest BCUT2D eigenvalue weighted by Gasteiger charge is 2.48. The summed E-state index contributed by atoms with van der Waals surface area (Å²) in [5.74, 6) is -0.512. The van der Waals surface area contributed by atoms with Gasteiger partial charge in [-0.3, -0.25) is 4.79 Å². The number of amides is 2. The van der Waals surface area contributed by atoms with E-state index in [-0.39, 0.29) is 0 Å². The summed E-state index contributed by atoms with van der Waals surface area (Å²) in [6, 6.07) is 0. The summed E-state index contributed by atoms with van der Waals surface area (Å²) in [6.45, 7) is 9.71. The number of aliphatic hydroxyl groups is 1. The maximum atomic E-state index is 11.9. The first-order chi connectivity index (χ1) is 7.48. The second-order valence-corrected chi connectivity index (χ2v) is 5.39. The third-order valence-corrected chi connectivity index (χ3v) is 2.81. The van der Waals surface area contributed by atoms with Crippen LogP contribution < -0.4 is 0 Å². The molecule has 0 fully saturated rings. The van der Waals surface area contributed by atoms with Crippen molar-refractivity contribution >= 4 is 12.0 Å². The number of carbonyl (C=O) groups is 2. The maximum absolute atomic E-state index is 11.9. The Morgan fingerprint density at radius 3 is 2.12 bits per heavy atom. The second kappa shape index (κ2) is 3.84. The van der Waals surface area contributed by atoms with E-state index in [9.17, 15) is 14.7 Å². The third kappa shape index (κ3) is 2.34. The van der Waals surface area contributed by atoms with E-state index in [4.69, 9.17) is 4.74 Å². The normalized spacial score (nSPS) is 25.6. The molecule has 1 aliphatic heterocycles. The van der Waals surface area contributed by atoms with E-state index in [0.29, 0.717) is 11.1 Å². The Morgan fingerprint density at radius 2 is 1.82 bits per heavy atom. The Labute approximate surface area is 101 Å². The summed E-state index contributed by atoms with van der Waals surface area (Å²) in [5.41, 5.74) is -1.48. The number of hydrogen-bond acceptors (Lipinski definition) is 4. The SMILES string of the molecule is CC1=C(C)C(C)(O)N(C(=O)OC(C)(C)C)C1=O. The summed E-state index contributed by atoms with van der Waals surface area (Å²) >= 11 is 0. The van der Waals surface area contributed by atoms with Crippen LogP contribution in [0.2, 0.25) is 0 Å². The average molecular weight is 241 g/mol. The van der Waals surface area contributed by atoms with Crippen molar-refractivity contribution < 1.29 is 19.4 Å². The second-order valence-electron chi connectivity index (χ2n) is 5.39. The van der Waals surface area contributed by atoms with Crippen LogP contribution in [0.1, 0.15) is 41.5 Å². The number of ether oxygens (including phenoxy) is 1. The Bertz CT molecular complexity index is 401. The molecule has 2 amide bonds. The van der Waals surface area contributed by atoms with Gasteiger partial charge in [-0.05, 0) is 47.1 Å². The lowest BCUT2D eigenvalue weighted by Crippen LogP contribution is -2.51.